The fourth-order valence-electron chi connectivity index (χ4n) is 1.95. The molecule has 1 unspecified atom stereocenters. The molecule has 2 rings (SSSR count). The molecule has 0 spiro atoms. The smallest absolute Gasteiger partial charge is 0.161 e. The molecule has 106 valence electrons. The number of rotatable bonds is 6. The van der Waals surface area contributed by atoms with Crippen LogP contribution in [0.4, 0.5) is 0 Å². The molecular weight excluding hydrogens is 244 g/mol. The van der Waals surface area contributed by atoms with Gasteiger partial charge < -0.3 is 25.6 Å². The fraction of sp³-hybridized carbons (Fsp3) is 0.571. The number of aliphatic hydroxyl groups is 1. The van der Waals surface area contributed by atoms with Crippen molar-refractivity contribution in [1.29, 1.82) is 0 Å². The highest BCUT2D eigenvalue weighted by molar-refractivity contribution is 5.43. The zero-order valence-electron chi connectivity index (χ0n) is 11.1. The molecule has 19 heavy (non-hydrogen) atoms. The lowest BCUT2D eigenvalue weighted by Crippen LogP contribution is -2.37. The number of hydrogen-bond acceptors (Lipinski definition) is 5. The summed E-state index contributed by atoms with van der Waals surface area (Å²) in [6.45, 7) is 2.89. The van der Waals surface area contributed by atoms with Gasteiger partial charge >= 0.3 is 0 Å². The molecule has 1 aliphatic heterocycles. The van der Waals surface area contributed by atoms with Crippen molar-refractivity contribution >= 4 is 0 Å². The summed E-state index contributed by atoms with van der Waals surface area (Å²) in [7, 11) is 0. The predicted molar refractivity (Wildman–Crippen MR) is 73.7 cm³/mol. The van der Waals surface area contributed by atoms with Gasteiger partial charge in [0.2, 0.25) is 0 Å². The van der Waals surface area contributed by atoms with E-state index in [0.29, 0.717) is 19.8 Å². The molecule has 1 aliphatic rings. The van der Waals surface area contributed by atoms with E-state index in [1.54, 1.807) is 0 Å². The number of hydrogen-bond donors (Lipinski definition) is 3. The minimum absolute atomic E-state index is 0.0109. The molecule has 5 heteroatoms. The van der Waals surface area contributed by atoms with E-state index in [1.165, 1.54) is 5.56 Å². The molecule has 0 saturated carbocycles. The van der Waals surface area contributed by atoms with Crippen LogP contribution >= 0.6 is 0 Å². The van der Waals surface area contributed by atoms with Crippen LogP contribution in [-0.4, -0.2) is 44.1 Å². The number of nitrogens with two attached hydrogens (primary N) is 1. The van der Waals surface area contributed by atoms with Gasteiger partial charge in [0.15, 0.2) is 11.5 Å². The van der Waals surface area contributed by atoms with Crippen molar-refractivity contribution in [2.75, 3.05) is 32.9 Å². The molecule has 4 N–H and O–H groups in total. The van der Waals surface area contributed by atoms with Crippen LogP contribution < -0.4 is 20.5 Å². The van der Waals surface area contributed by atoms with Crippen molar-refractivity contribution < 1.29 is 14.6 Å². The van der Waals surface area contributed by atoms with Gasteiger partial charge in [0.25, 0.3) is 0 Å². The predicted octanol–water partition coefficient (Wildman–Crippen LogP) is 0.300. The number of nitrogens with one attached hydrogen (secondary N) is 1. The van der Waals surface area contributed by atoms with Crippen molar-refractivity contribution in [2.24, 2.45) is 5.73 Å². The third-order valence-electron chi connectivity index (χ3n) is 3.04. The summed E-state index contributed by atoms with van der Waals surface area (Å²) in [5, 5.41) is 12.0. The molecule has 0 saturated heterocycles. The molecule has 1 aromatic rings. The van der Waals surface area contributed by atoms with Gasteiger partial charge in [0, 0.05) is 19.0 Å². The van der Waals surface area contributed by atoms with Crippen molar-refractivity contribution in [3.63, 3.8) is 0 Å². The first-order valence-electron chi connectivity index (χ1n) is 6.75. The number of benzene rings is 1. The topological polar surface area (TPSA) is 76.7 Å². The monoisotopic (exact) mass is 266 g/mol. The van der Waals surface area contributed by atoms with Crippen molar-refractivity contribution in [1.82, 2.24) is 5.32 Å². The molecule has 0 bridgehead atoms. The second kappa shape index (κ2) is 7.33. The van der Waals surface area contributed by atoms with Crippen LogP contribution in [0.15, 0.2) is 18.2 Å². The minimum Gasteiger partial charge on any atom is -0.490 e. The van der Waals surface area contributed by atoms with Crippen LogP contribution in [0.5, 0.6) is 11.5 Å². The normalized spacial score (nSPS) is 15.9. The first-order chi connectivity index (χ1) is 9.29. The van der Waals surface area contributed by atoms with Crippen molar-refractivity contribution in [3.05, 3.63) is 23.8 Å². The summed E-state index contributed by atoms with van der Waals surface area (Å²) >= 11 is 0. The SMILES string of the molecule is NC(CO)CNCCc1ccc2c(c1)OCCCO2. The quantitative estimate of drug-likeness (QED) is 0.646. The molecule has 0 aromatic heterocycles. The van der Waals surface area contributed by atoms with Gasteiger partial charge in [-0.1, -0.05) is 6.07 Å². The summed E-state index contributed by atoms with van der Waals surface area (Å²) < 4.78 is 11.2. The number of ether oxygens (including phenoxy) is 2. The molecule has 0 aliphatic carbocycles. The Bertz CT molecular complexity index is 398. The molecule has 5 nitrogen and oxygen atoms in total. The van der Waals surface area contributed by atoms with E-state index < -0.39 is 0 Å². The van der Waals surface area contributed by atoms with E-state index in [0.717, 1.165) is 30.9 Å². The highest BCUT2D eigenvalue weighted by Crippen LogP contribution is 2.30. The first kappa shape index (κ1) is 14.1. The third-order valence-corrected chi connectivity index (χ3v) is 3.04. The van der Waals surface area contributed by atoms with Gasteiger partial charge in [-0.15, -0.1) is 0 Å². The molecule has 1 heterocycles. The first-order valence-corrected chi connectivity index (χ1v) is 6.75. The van der Waals surface area contributed by atoms with Crippen LogP contribution in [0.1, 0.15) is 12.0 Å². The van der Waals surface area contributed by atoms with E-state index in [1.807, 2.05) is 12.1 Å². The summed E-state index contributed by atoms with van der Waals surface area (Å²) in [5.74, 6) is 1.67. The van der Waals surface area contributed by atoms with Crippen LogP contribution in [-0.2, 0) is 6.42 Å². The average Bonchev–Trinajstić information content (AvgIpc) is 2.68. The minimum atomic E-state index is -0.191. The van der Waals surface area contributed by atoms with E-state index in [2.05, 4.69) is 11.4 Å². The van der Waals surface area contributed by atoms with Gasteiger partial charge in [0.05, 0.1) is 19.8 Å². The van der Waals surface area contributed by atoms with Crippen molar-refractivity contribution in [2.45, 2.75) is 18.9 Å². The third kappa shape index (κ3) is 4.38. The molecule has 1 atom stereocenters. The largest absolute Gasteiger partial charge is 0.490 e. The van der Waals surface area contributed by atoms with Crippen LogP contribution in [0.25, 0.3) is 0 Å². The van der Waals surface area contributed by atoms with E-state index >= 15 is 0 Å². The fourth-order valence-corrected chi connectivity index (χ4v) is 1.95. The van der Waals surface area contributed by atoms with Crippen LogP contribution in [0.2, 0.25) is 0 Å². The lowest BCUT2D eigenvalue weighted by atomic mass is 10.1. The Morgan fingerprint density at radius 3 is 2.84 bits per heavy atom. The van der Waals surface area contributed by atoms with Gasteiger partial charge in [-0.2, -0.15) is 0 Å². The Morgan fingerprint density at radius 2 is 2.05 bits per heavy atom. The summed E-state index contributed by atoms with van der Waals surface area (Å²) in [6, 6.07) is 5.87. The maximum Gasteiger partial charge on any atom is 0.161 e. The molecule has 0 radical (unpaired) electrons. The van der Waals surface area contributed by atoms with Gasteiger partial charge in [-0.3, -0.25) is 0 Å². The zero-order chi connectivity index (χ0) is 13.5. The number of aliphatic hydroxyl groups excluding tert-OH is 1. The Morgan fingerprint density at radius 1 is 1.26 bits per heavy atom. The molecule has 0 amide bonds. The lowest BCUT2D eigenvalue weighted by Gasteiger charge is -2.11. The second-order valence-corrected chi connectivity index (χ2v) is 4.73. The molecular formula is C14H22N2O3. The van der Waals surface area contributed by atoms with Gasteiger partial charge in [-0.25, -0.2) is 0 Å². The summed E-state index contributed by atoms with van der Waals surface area (Å²) in [5.41, 5.74) is 6.81. The maximum absolute atomic E-state index is 8.81. The zero-order valence-corrected chi connectivity index (χ0v) is 11.1. The standard InChI is InChI=1S/C14H22N2O3/c15-12(10-17)9-16-5-4-11-2-3-13-14(8-11)19-7-1-6-18-13/h2-3,8,12,16-17H,1,4-7,9-10,15H2. The van der Waals surface area contributed by atoms with E-state index in [4.69, 9.17) is 20.3 Å². The Hall–Kier alpha value is -1.30. The Balaban J connectivity index is 1.82. The van der Waals surface area contributed by atoms with E-state index in [-0.39, 0.29) is 12.6 Å². The van der Waals surface area contributed by atoms with Gasteiger partial charge in [-0.05, 0) is 30.7 Å². The number of fused-ring (bicyclic) bond motifs is 1. The van der Waals surface area contributed by atoms with Crippen LogP contribution in [0.3, 0.4) is 0 Å². The highest BCUT2D eigenvalue weighted by atomic mass is 16.5. The average molecular weight is 266 g/mol. The second-order valence-electron chi connectivity index (χ2n) is 4.73. The molecule has 1 aromatic carbocycles. The Kier molecular flexibility index (Phi) is 5.44. The maximum atomic E-state index is 8.81. The van der Waals surface area contributed by atoms with Gasteiger partial charge in [0.1, 0.15) is 0 Å². The van der Waals surface area contributed by atoms with E-state index in [9.17, 15) is 0 Å². The Labute approximate surface area is 113 Å². The summed E-state index contributed by atoms with van der Waals surface area (Å²) in [6.07, 6.45) is 1.82. The lowest BCUT2D eigenvalue weighted by molar-refractivity contribution is 0.262. The summed E-state index contributed by atoms with van der Waals surface area (Å²) in [4.78, 5) is 0. The molecule has 0 fully saturated rings. The highest BCUT2D eigenvalue weighted by Gasteiger charge is 2.10. The van der Waals surface area contributed by atoms with Crippen LogP contribution in [0, 0.1) is 0 Å². The van der Waals surface area contributed by atoms with Crippen molar-refractivity contribution in [3.8, 4) is 11.5 Å².